The fourth-order valence-electron chi connectivity index (χ4n) is 13.4. The van der Waals surface area contributed by atoms with Crippen LogP contribution in [0.5, 0.6) is 11.5 Å². The number of benzene rings is 8. The number of aliphatic hydroxyl groups excluding tert-OH is 2. The van der Waals surface area contributed by atoms with Gasteiger partial charge in [-0.3, -0.25) is 19.3 Å². The summed E-state index contributed by atoms with van der Waals surface area (Å²) in [6.07, 6.45) is -16.5. The topological polar surface area (TPSA) is 243 Å². The quantitative estimate of drug-likeness (QED) is 0.0208. The van der Waals surface area contributed by atoms with Gasteiger partial charge in [0.2, 0.25) is 0 Å². The van der Waals surface area contributed by atoms with Crippen LogP contribution in [0.4, 0.5) is 0 Å². The van der Waals surface area contributed by atoms with Crippen LogP contribution < -0.4 is 9.47 Å². The van der Waals surface area contributed by atoms with Crippen LogP contribution in [0.25, 0.3) is 0 Å². The first-order valence-corrected chi connectivity index (χ1v) is 36.0. The molecule has 0 saturated carbocycles. The Hall–Kier alpha value is -8.63. The summed E-state index contributed by atoms with van der Waals surface area (Å²) in [5.41, 5.74) is 6.11. The predicted octanol–water partition coefficient (Wildman–Crippen LogP) is 11.1. The summed E-state index contributed by atoms with van der Waals surface area (Å²) in [6, 6.07) is 68.0. The van der Waals surface area contributed by atoms with Gasteiger partial charge in [0.25, 0.3) is 11.8 Å². The molecule has 15 atom stereocenters. The van der Waals surface area contributed by atoms with E-state index in [0.29, 0.717) is 36.3 Å². The zero-order valence-corrected chi connectivity index (χ0v) is 59.7. The smallest absolute Gasteiger partial charge is 0.305 e. The number of carbonyl (C=O) groups excluding carboxylic acids is 3. The SMILES string of the molecule is COC(=O)CCCCCO[C@@H]1O[C@H](COCc2ccc(OC)cc2)[C@@H](O[C@@H]2O[C@H](CO[C@H]3O[C@H](COCc4ccccc4)[C@H](OCc4ccccc4)[C@H](OCc4ccccc4)[C@H]3OCc3ccccc3)[C@H](O)[C@H](OCc3ccc(OC)cc3)[C@H]2O)[C@H](OCc2ccccc2)[C@H]1N1C(=O)c2ccccc2C1=O. The summed E-state index contributed by atoms with van der Waals surface area (Å²) in [5.74, 6) is -0.361. The minimum atomic E-state index is -1.78. The van der Waals surface area contributed by atoms with E-state index in [2.05, 4.69) is 0 Å². The Morgan fingerprint density at radius 3 is 1.26 bits per heavy atom. The molecule has 0 bridgehead atoms. The normalized spacial score (nSPS) is 25.1. The van der Waals surface area contributed by atoms with E-state index in [-0.39, 0.29) is 89.6 Å². The molecule has 4 heterocycles. The summed E-state index contributed by atoms with van der Waals surface area (Å²) in [5, 5.41) is 25.9. The molecule has 12 rings (SSSR count). The van der Waals surface area contributed by atoms with Crippen molar-refractivity contribution >= 4 is 17.8 Å². The van der Waals surface area contributed by atoms with Gasteiger partial charge in [-0.2, -0.15) is 0 Å². The first-order chi connectivity index (χ1) is 52.0. The molecule has 0 aliphatic carbocycles. The van der Waals surface area contributed by atoms with Crippen LogP contribution in [0.15, 0.2) is 224 Å². The van der Waals surface area contributed by atoms with E-state index in [4.69, 9.17) is 75.8 Å². The van der Waals surface area contributed by atoms with Crippen LogP contribution in [-0.4, -0.2) is 173 Å². The second-order valence-electron chi connectivity index (χ2n) is 26.4. The van der Waals surface area contributed by atoms with Crippen LogP contribution in [0, 0.1) is 0 Å². The summed E-state index contributed by atoms with van der Waals surface area (Å²) in [7, 11) is 4.49. The lowest BCUT2D eigenvalue weighted by atomic mass is 9.93. The van der Waals surface area contributed by atoms with Gasteiger partial charge >= 0.3 is 5.97 Å². The fraction of sp³-hybridized carbons (Fsp3) is 0.393. The number of fused-ring (bicyclic) bond motifs is 1. The average molecular weight is 1450 g/mol. The van der Waals surface area contributed by atoms with Gasteiger partial charge < -0.3 is 86.0 Å². The molecule has 3 saturated heterocycles. The van der Waals surface area contributed by atoms with E-state index in [1.54, 1.807) is 62.8 Å². The number of unbranched alkanes of at least 4 members (excludes halogenated alkanes) is 2. The van der Waals surface area contributed by atoms with Crippen molar-refractivity contribution < 1.29 is 100 Å². The van der Waals surface area contributed by atoms with Gasteiger partial charge in [-0.25, -0.2) is 0 Å². The van der Waals surface area contributed by atoms with Crippen molar-refractivity contribution in [1.82, 2.24) is 4.90 Å². The maximum Gasteiger partial charge on any atom is 0.305 e. The molecule has 8 aromatic carbocycles. The first kappa shape index (κ1) is 77.0. The van der Waals surface area contributed by atoms with Gasteiger partial charge in [-0.1, -0.05) is 194 Å². The van der Waals surface area contributed by atoms with Crippen LogP contribution in [0.3, 0.4) is 0 Å². The van der Waals surface area contributed by atoms with Gasteiger partial charge in [0.05, 0.1) is 98.5 Å². The van der Waals surface area contributed by atoms with E-state index in [9.17, 15) is 15.0 Å². The molecule has 0 spiro atoms. The number of nitrogens with zero attached hydrogens (tertiary/aromatic N) is 1. The Morgan fingerprint density at radius 1 is 0.368 bits per heavy atom. The van der Waals surface area contributed by atoms with Crippen molar-refractivity contribution in [2.45, 2.75) is 164 Å². The van der Waals surface area contributed by atoms with Crippen molar-refractivity contribution in [2.24, 2.45) is 0 Å². The maximum absolute atomic E-state index is 15.1. The molecule has 560 valence electrons. The molecule has 0 aromatic heterocycles. The van der Waals surface area contributed by atoms with Gasteiger partial charge in [0.1, 0.15) is 84.7 Å². The molecule has 0 radical (unpaired) electrons. The number of rotatable bonds is 38. The van der Waals surface area contributed by atoms with Gasteiger partial charge in [-0.15, -0.1) is 0 Å². The summed E-state index contributed by atoms with van der Waals surface area (Å²) >= 11 is 0. The lowest BCUT2D eigenvalue weighted by Crippen LogP contribution is -2.69. The Balaban J connectivity index is 0.914. The molecule has 4 aliphatic rings. The molecule has 106 heavy (non-hydrogen) atoms. The number of imide groups is 1. The Kier molecular flexibility index (Phi) is 28.5. The van der Waals surface area contributed by atoms with Crippen LogP contribution in [0.2, 0.25) is 0 Å². The van der Waals surface area contributed by atoms with Crippen molar-refractivity contribution in [3.63, 3.8) is 0 Å². The van der Waals surface area contributed by atoms with Crippen molar-refractivity contribution in [3.8, 4) is 11.5 Å². The van der Waals surface area contributed by atoms with Gasteiger partial charge in [0.15, 0.2) is 18.9 Å². The van der Waals surface area contributed by atoms with Gasteiger partial charge in [-0.05, 0) is 88.2 Å². The summed E-state index contributed by atoms with van der Waals surface area (Å²) in [6.45, 7) is -0.0216. The van der Waals surface area contributed by atoms with E-state index >= 15 is 9.59 Å². The van der Waals surface area contributed by atoms with Crippen molar-refractivity contribution in [3.05, 3.63) is 275 Å². The second-order valence-corrected chi connectivity index (χ2v) is 26.4. The van der Waals surface area contributed by atoms with E-state index in [1.807, 2.05) is 176 Å². The zero-order valence-electron chi connectivity index (χ0n) is 59.7. The molecule has 8 aromatic rings. The first-order valence-electron chi connectivity index (χ1n) is 36.0. The largest absolute Gasteiger partial charge is 0.497 e. The third-order valence-electron chi connectivity index (χ3n) is 19.1. The summed E-state index contributed by atoms with van der Waals surface area (Å²) < 4.78 is 106. The molecule has 22 nitrogen and oxygen atoms in total. The number of hydrogen-bond acceptors (Lipinski definition) is 21. The van der Waals surface area contributed by atoms with Crippen LogP contribution in [0.1, 0.15) is 85.3 Å². The molecule has 0 unspecified atom stereocenters. The lowest BCUT2D eigenvalue weighted by molar-refractivity contribution is -0.368. The number of carbonyl (C=O) groups is 3. The highest BCUT2D eigenvalue weighted by atomic mass is 16.8. The standard InChI is InChI=1S/C84H93NO21/c1-91-63-41-37-61(38-42-63)47-95-54-69-75(76(98-49-58-28-14-6-15-29-58)71(82(104-69)96-45-23-9-20-36-70(86)93-3)85-80(89)65-34-21-22-35-66(65)81(85)90)106-83-73(88)77(99-52-62-39-43-64(92-2)44-40-62)72(87)67(103-83)55-102-84-79(101-51-60-32-18-8-19-33-60)78(100-50-59-30-16-7-17-31-59)74(97-48-57-26-12-5-13-27-57)68(105-84)53-94-46-56-24-10-4-11-25-56/h4-8,10-19,21-22,24-35,37-44,67-69,71-79,82-84,87-88H,9,20,23,36,45-55H2,1-3H3/t67-,68-,69-,71-,72+,73-,74+,75-,76-,77+,78+,79-,82-,83+,84+/m1/s1. The molecule has 3 fully saturated rings. The molecule has 2 amide bonds. The van der Waals surface area contributed by atoms with Crippen LogP contribution in [-0.2, 0) is 117 Å². The maximum atomic E-state index is 15.1. The predicted molar refractivity (Wildman–Crippen MR) is 386 cm³/mol. The Labute approximate surface area is 618 Å². The minimum Gasteiger partial charge on any atom is -0.497 e. The van der Waals surface area contributed by atoms with E-state index < -0.39 is 110 Å². The molecule has 22 heteroatoms. The van der Waals surface area contributed by atoms with Crippen molar-refractivity contribution in [1.29, 1.82) is 0 Å². The number of hydrogen-bond donors (Lipinski definition) is 2. The van der Waals surface area contributed by atoms with Crippen LogP contribution >= 0.6 is 0 Å². The second kappa shape index (κ2) is 39.3. The summed E-state index contributed by atoms with van der Waals surface area (Å²) in [4.78, 5) is 43.4. The highest BCUT2D eigenvalue weighted by Gasteiger charge is 2.58. The minimum absolute atomic E-state index is 0.0172. The molecule has 4 aliphatic heterocycles. The number of esters is 1. The molecule has 2 N–H and O–H groups in total. The van der Waals surface area contributed by atoms with Crippen molar-refractivity contribution in [2.75, 3.05) is 47.8 Å². The van der Waals surface area contributed by atoms with E-state index in [0.717, 1.165) is 38.3 Å². The monoisotopic (exact) mass is 1450 g/mol. The third-order valence-corrected chi connectivity index (χ3v) is 19.1. The lowest BCUT2D eigenvalue weighted by Gasteiger charge is -2.50. The molecular formula is C84H93NO21. The van der Waals surface area contributed by atoms with E-state index in [1.165, 1.54) is 7.11 Å². The number of methoxy groups -OCH3 is 3. The Bertz CT molecular complexity index is 3910. The zero-order chi connectivity index (χ0) is 73.4. The highest BCUT2D eigenvalue weighted by Crippen LogP contribution is 2.40. The third kappa shape index (κ3) is 20.5. The average Bonchev–Trinajstić information content (AvgIpc) is 1.51. The number of amides is 2. The van der Waals surface area contributed by atoms with Gasteiger partial charge in [0, 0.05) is 13.0 Å². The molecular weight excluding hydrogens is 1360 g/mol. The number of ether oxygens (including phenoxy) is 16. The highest BCUT2D eigenvalue weighted by molar-refractivity contribution is 6.21. The number of aliphatic hydroxyl groups is 2. The Morgan fingerprint density at radius 2 is 0.774 bits per heavy atom. The fourth-order valence-corrected chi connectivity index (χ4v) is 13.4.